The molecule has 1 atom stereocenters. The van der Waals surface area contributed by atoms with Crippen LogP contribution in [0.3, 0.4) is 0 Å². The molecular formula is C22H18ClNOS. The Bertz CT molecular complexity index is 879. The van der Waals surface area contributed by atoms with Crippen LogP contribution >= 0.6 is 23.8 Å². The molecule has 0 aromatic heterocycles. The van der Waals surface area contributed by atoms with Gasteiger partial charge < -0.3 is 5.32 Å². The smallest absolute Gasteiger partial charge is 0.165 e. The van der Waals surface area contributed by atoms with E-state index in [0.717, 1.165) is 11.1 Å². The number of benzene rings is 3. The Kier molecular flexibility index (Phi) is 6.16. The van der Waals surface area contributed by atoms with Crippen LogP contribution < -0.4 is 5.32 Å². The fraction of sp³-hybridized carbons (Fsp3) is 0.0909. The van der Waals surface area contributed by atoms with E-state index in [0.29, 0.717) is 22.0 Å². The molecule has 0 amide bonds. The molecule has 3 aromatic carbocycles. The topological polar surface area (TPSA) is 29.1 Å². The van der Waals surface area contributed by atoms with E-state index >= 15 is 0 Å². The molecule has 4 heteroatoms. The van der Waals surface area contributed by atoms with Crippen LogP contribution in [0.2, 0.25) is 5.02 Å². The van der Waals surface area contributed by atoms with Crippen molar-refractivity contribution in [3.05, 3.63) is 107 Å². The van der Waals surface area contributed by atoms with Crippen LogP contribution in [0.1, 0.15) is 33.9 Å². The number of ketones is 1. The van der Waals surface area contributed by atoms with Gasteiger partial charge >= 0.3 is 0 Å². The highest BCUT2D eigenvalue weighted by molar-refractivity contribution is 7.80. The summed E-state index contributed by atoms with van der Waals surface area (Å²) in [6.45, 7) is 0. The quantitative estimate of drug-likeness (QED) is 0.445. The lowest BCUT2D eigenvalue weighted by Gasteiger charge is -2.20. The molecule has 3 rings (SSSR count). The number of thiocarbonyl (C=S) groups is 1. The standard InChI is InChI=1S/C22H18ClNOS/c23-19-13-11-18(12-14-19)22(26)24-20(16-7-3-1-4-8-16)15-21(25)17-9-5-2-6-10-17/h1-14,20H,15H2,(H,24,26). The van der Waals surface area contributed by atoms with Gasteiger partial charge in [-0.1, -0.05) is 96.6 Å². The molecule has 2 nitrogen and oxygen atoms in total. The van der Waals surface area contributed by atoms with Gasteiger partial charge in [0.05, 0.1) is 6.04 Å². The maximum atomic E-state index is 12.7. The van der Waals surface area contributed by atoms with Crippen molar-refractivity contribution in [2.24, 2.45) is 0 Å². The van der Waals surface area contributed by atoms with Crippen LogP contribution in [0.5, 0.6) is 0 Å². The molecule has 0 radical (unpaired) electrons. The lowest BCUT2D eigenvalue weighted by molar-refractivity contribution is 0.0971. The van der Waals surface area contributed by atoms with E-state index in [4.69, 9.17) is 23.8 Å². The fourth-order valence-corrected chi connectivity index (χ4v) is 3.11. The molecule has 1 N–H and O–H groups in total. The van der Waals surface area contributed by atoms with Crippen LogP contribution in [0.4, 0.5) is 0 Å². The van der Waals surface area contributed by atoms with Crippen molar-refractivity contribution in [1.82, 2.24) is 5.32 Å². The number of carbonyl (C=O) groups is 1. The Balaban J connectivity index is 1.81. The molecule has 130 valence electrons. The van der Waals surface area contributed by atoms with Crippen molar-refractivity contribution in [2.75, 3.05) is 0 Å². The number of Topliss-reactive ketones (excluding diaryl/α,β-unsaturated/α-hetero) is 1. The number of carbonyl (C=O) groups excluding carboxylic acids is 1. The molecule has 0 saturated carbocycles. The van der Waals surface area contributed by atoms with Gasteiger partial charge in [-0.25, -0.2) is 0 Å². The summed E-state index contributed by atoms with van der Waals surface area (Å²) in [7, 11) is 0. The summed E-state index contributed by atoms with van der Waals surface area (Å²) in [5.74, 6) is 0.0749. The molecule has 1 unspecified atom stereocenters. The van der Waals surface area contributed by atoms with Gasteiger partial charge in [0.15, 0.2) is 5.78 Å². The molecular weight excluding hydrogens is 362 g/mol. The molecule has 0 bridgehead atoms. The monoisotopic (exact) mass is 379 g/mol. The summed E-state index contributed by atoms with van der Waals surface area (Å²) in [4.78, 5) is 13.3. The highest BCUT2D eigenvalue weighted by Crippen LogP contribution is 2.21. The largest absolute Gasteiger partial charge is 0.369 e. The molecule has 26 heavy (non-hydrogen) atoms. The molecule has 3 aromatic rings. The third-order valence-electron chi connectivity index (χ3n) is 4.10. The van der Waals surface area contributed by atoms with Crippen LogP contribution in [0.25, 0.3) is 0 Å². The van der Waals surface area contributed by atoms with Crippen molar-refractivity contribution in [3.8, 4) is 0 Å². The van der Waals surface area contributed by atoms with Crippen molar-refractivity contribution in [1.29, 1.82) is 0 Å². The summed E-state index contributed by atoms with van der Waals surface area (Å²) in [6, 6.07) is 26.3. The summed E-state index contributed by atoms with van der Waals surface area (Å²) in [5, 5.41) is 4.00. The maximum Gasteiger partial charge on any atom is 0.165 e. The zero-order valence-corrected chi connectivity index (χ0v) is 15.6. The predicted molar refractivity (Wildman–Crippen MR) is 111 cm³/mol. The first kappa shape index (κ1) is 18.3. The zero-order chi connectivity index (χ0) is 18.4. The molecule has 0 spiro atoms. The second kappa shape index (κ2) is 8.75. The lowest BCUT2D eigenvalue weighted by Crippen LogP contribution is -2.29. The first-order chi connectivity index (χ1) is 12.6. The number of hydrogen-bond donors (Lipinski definition) is 1. The third kappa shape index (κ3) is 4.78. The third-order valence-corrected chi connectivity index (χ3v) is 4.70. The van der Waals surface area contributed by atoms with Gasteiger partial charge in [-0.05, 0) is 17.7 Å². The average molecular weight is 380 g/mol. The first-order valence-corrected chi connectivity index (χ1v) is 9.12. The Hall–Kier alpha value is -2.49. The fourth-order valence-electron chi connectivity index (χ4n) is 2.71. The van der Waals surface area contributed by atoms with Gasteiger partial charge in [-0.15, -0.1) is 0 Å². The molecule has 0 aliphatic carbocycles. The van der Waals surface area contributed by atoms with E-state index in [9.17, 15) is 4.79 Å². The van der Waals surface area contributed by atoms with Crippen molar-refractivity contribution < 1.29 is 4.79 Å². The maximum absolute atomic E-state index is 12.7. The van der Waals surface area contributed by atoms with E-state index in [1.807, 2.05) is 72.8 Å². The highest BCUT2D eigenvalue weighted by atomic mass is 35.5. The van der Waals surface area contributed by atoms with E-state index in [1.165, 1.54) is 0 Å². The van der Waals surface area contributed by atoms with E-state index < -0.39 is 0 Å². The number of halogens is 1. The Morgan fingerprint density at radius 2 is 1.42 bits per heavy atom. The van der Waals surface area contributed by atoms with Crippen molar-refractivity contribution in [3.63, 3.8) is 0 Å². The van der Waals surface area contributed by atoms with E-state index in [2.05, 4.69) is 5.32 Å². The number of nitrogens with one attached hydrogen (secondary N) is 1. The van der Waals surface area contributed by atoms with Crippen LogP contribution in [0.15, 0.2) is 84.9 Å². The highest BCUT2D eigenvalue weighted by Gasteiger charge is 2.18. The number of rotatable bonds is 6. The molecule has 0 fully saturated rings. The minimum absolute atomic E-state index is 0.0749. The SMILES string of the molecule is O=C(CC(NC(=S)c1ccc(Cl)cc1)c1ccccc1)c1ccccc1. The lowest BCUT2D eigenvalue weighted by atomic mass is 9.97. The number of hydrogen-bond acceptors (Lipinski definition) is 2. The molecule has 0 aliphatic heterocycles. The summed E-state index contributed by atoms with van der Waals surface area (Å²) in [5.41, 5.74) is 2.60. The Morgan fingerprint density at radius 3 is 2.04 bits per heavy atom. The van der Waals surface area contributed by atoms with Crippen molar-refractivity contribution >= 4 is 34.6 Å². The van der Waals surface area contributed by atoms with Gasteiger partial charge in [0.1, 0.15) is 4.99 Å². The van der Waals surface area contributed by atoms with Crippen LogP contribution in [0, 0.1) is 0 Å². The minimum atomic E-state index is -0.202. The summed E-state index contributed by atoms with van der Waals surface area (Å²) < 4.78 is 0. The van der Waals surface area contributed by atoms with Gasteiger partial charge in [-0.3, -0.25) is 4.79 Å². The Morgan fingerprint density at radius 1 is 0.846 bits per heavy atom. The second-order valence-electron chi connectivity index (χ2n) is 5.94. The van der Waals surface area contributed by atoms with Crippen LogP contribution in [-0.4, -0.2) is 10.8 Å². The van der Waals surface area contributed by atoms with Crippen molar-refractivity contribution in [2.45, 2.75) is 12.5 Å². The van der Waals surface area contributed by atoms with E-state index in [-0.39, 0.29) is 11.8 Å². The van der Waals surface area contributed by atoms with Gasteiger partial charge in [-0.2, -0.15) is 0 Å². The average Bonchev–Trinajstić information content (AvgIpc) is 2.69. The first-order valence-electron chi connectivity index (χ1n) is 8.33. The summed E-state index contributed by atoms with van der Waals surface area (Å²) in [6.07, 6.45) is 0.321. The van der Waals surface area contributed by atoms with Gasteiger partial charge in [0.2, 0.25) is 0 Å². The zero-order valence-electron chi connectivity index (χ0n) is 14.1. The normalized spacial score (nSPS) is 11.6. The molecule has 0 aliphatic rings. The second-order valence-corrected chi connectivity index (χ2v) is 6.78. The predicted octanol–water partition coefficient (Wildman–Crippen LogP) is 5.62. The molecule has 0 saturated heterocycles. The molecule has 0 heterocycles. The van der Waals surface area contributed by atoms with Gasteiger partial charge in [0.25, 0.3) is 0 Å². The minimum Gasteiger partial charge on any atom is -0.369 e. The van der Waals surface area contributed by atoms with Gasteiger partial charge in [0, 0.05) is 22.6 Å². The van der Waals surface area contributed by atoms with Crippen LogP contribution in [-0.2, 0) is 0 Å². The Labute approximate surface area is 163 Å². The van der Waals surface area contributed by atoms with E-state index in [1.54, 1.807) is 12.1 Å². The summed E-state index contributed by atoms with van der Waals surface area (Å²) >= 11 is 11.5.